The molecule has 386 valence electrons. The first-order valence-corrected chi connectivity index (χ1v) is 27.8. The molecule has 0 fully saturated rings. The van der Waals surface area contributed by atoms with Gasteiger partial charge in [0.05, 0.1) is 36.2 Å². The number of ether oxygens (including phenoxy) is 1. The van der Waals surface area contributed by atoms with E-state index >= 15 is 0 Å². The van der Waals surface area contributed by atoms with E-state index in [1.54, 1.807) is 70.9 Å². The molecule has 1 aromatic carbocycles. The fourth-order valence-corrected chi connectivity index (χ4v) is 12.6. The fraction of sp³-hybridized carbons (Fsp3) is 0.255. The van der Waals surface area contributed by atoms with Gasteiger partial charge in [0.2, 0.25) is 17.7 Å². The second-order valence-corrected chi connectivity index (χ2v) is 22.1. The molecule has 0 saturated carbocycles. The van der Waals surface area contributed by atoms with Crippen molar-refractivity contribution in [3.05, 3.63) is 106 Å². The fourth-order valence-electron chi connectivity index (χ4n) is 7.42. The van der Waals surface area contributed by atoms with Crippen LogP contribution in [0.25, 0.3) is 43.4 Å². The van der Waals surface area contributed by atoms with Crippen LogP contribution in [0.4, 0.5) is 10.9 Å². The number of benzene rings is 1. The van der Waals surface area contributed by atoms with E-state index in [1.807, 2.05) is 0 Å². The van der Waals surface area contributed by atoms with Gasteiger partial charge >= 0.3 is 0 Å². The van der Waals surface area contributed by atoms with Crippen LogP contribution < -0.4 is 31.9 Å². The molecule has 8 aromatic rings. The Bertz CT molecular complexity index is 3420. The van der Waals surface area contributed by atoms with Crippen LogP contribution in [-0.4, -0.2) is 108 Å². The average Bonchev–Trinajstić information content (AvgIpc) is 4.29. The van der Waals surface area contributed by atoms with Crippen LogP contribution in [0.5, 0.6) is 0 Å². The molecule has 3 atom stereocenters. The van der Waals surface area contributed by atoms with E-state index in [1.165, 1.54) is 59.5 Å². The van der Waals surface area contributed by atoms with Crippen molar-refractivity contribution in [1.82, 2.24) is 56.2 Å². The van der Waals surface area contributed by atoms with Crippen molar-refractivity contribution in [3.8, 4) is 43.4 Å². The summed E-state index contributed by atoms with van der Waals surface area (Å²) in [7, 11) is 2.89. The third kappa shape index (κ3) is 12.2. The van der Waals surface area contributed by atoms with Crippen molar-refractivity contribution in [2.24, 2.45) is 0 Å². The Morgan fingerprint density at radius 2 is 1.49 bits per heavy atom. The quantitative estimate of drug-likeness (QED) is 0.0720. The zero-order chi connectivity index (χ0) is 52.8. The predicted octanol–water partition coefficient (Wildman–Crippen LogP) is 6.15. The van der Waals surface area contributed by atoms with Crippen molar-refractivity contribution < 1.29 is 43.7 Å². The number of aliphatic hydroxyl groups excluding tert-OH is 2. The summed E-state index contributed by atoms with van der Waals surface area (Å²) in [5, 5.41) is 46.1. The topological polar surface area (TPSA) is 315 Å². The lowest BCUT2D eigenvalue weighted by atomic mass is 10.0. The van der Waals surface area contributed by atoms with Crippen LogP contribution in [0.3, 0.4) is 0 Å². The summed E-state index contributed by atoms with van der Waals surface area (Å²) in [4.78, 5) is 115. The molecular formula is C47H43N13O9S6. The van der Waals surface area contributed by atoms with Crippen molar-refractivity contribution in [2.45, 2.75) is 51.0 Å². The monoisotopic (exact) mass is 1130 g/mol. The summed E-state index contributed by atoms with van der Waals surface area (Å²) in [5.41, 5.74) is 2.60. The Morgan fingerprint density at radius 3 is 2.28 bits per heavy atom. The number of carbonyl (C=O) groups is 6. The van der Waals surface area contributed by atoms with Gasteiger partial charge in [-0.15, -0.1) is 56.7 Å². The summed E-state index contributed by atoms with van der Waals surface area (Å²) in [6, 6.07) is 10.2. The standard InChI is InChI=1S/C47H43N13O9S6/c1-21-34-41(68)60-47-59-36(29(75-47)16-69-3)40(67)49-15-33(64)57-37(38(65)22-8-5-4-6-9-22)46-54-28(19-72-46)44-52-26(17-71-44)35-23(11-12-24(50-35)43-56-30(20-73-43)55-31(62)10-7-13-61)42-53-27(18-70-42)39(66)51-25(14-32(63)48-2)45(58-34)74-21/h4-6,8-9,11-12,17-20,25,37-38,61,65H,7,10,13-16H2,1-3H3,(H,48,63)(H,49,67)(H,51,66)(H,55,62)(H,57,64)(H,59,60,68)/t25-,37-,38-/m0/s1. The molecule has 9 rings (SSSR count). The number of carbonyl (C=O) groups excluding carboxylic acids is 6. The molecule has 22 nitrogen and oxygen atoms in total. The van der Waals surface area contributed by atoms with Crippen LogP contribution in [-0.2, 0) is 25.7 Å². The Morgan fingerprint density at radius 1 is 0.747 bits per heavy atom. The highest BCUT2D eigenvalue weighted by atomic mass is 32.1. The molecule has 28 heteroatoms. The molecular weight excluding hydrogens is 1080 g/mol. The Balaban J connectivity index is 1.12. The number of aromatic nitrogens is 7. The number of amides is 6. The van der Waals surface area contributed by atoms with Crippen molar-refractivity contribution in [3.63, 3.8) is 0 Å². The Hall–Kier alpha value is -7.15. The molecule has 6 amide bonds. The number of nitrogens with zero attached hydrogens (tertiary/aromatic N) is 7. The first kappa shape index (κ1) is 52.7. The van der Waals surface area contributed by atoms with E-state index in [-0.39, 0.29) is 59.2 Å². The number of rotatable bonds is 11. The maximum atomic E-state index is 14.1. The zero-order valence-corrected chi connectivity index (χ0v) is 44.6. The second-order valence-electron chi connectivity index (χ2n) is 16.3. The molecule has 10 bridgehead atoms. The van der Waals surface area contributed by atoms with Gasteiger partial charge in [0, 0.05) is 59.1 Å². The van der Waals surface area contributed by atoms with Gasteiger partial charge in [0.15, 0.2) is 5.13 Å². The molecule has 0 saturated heterocycles. The highest BCUT2D eigenvalue weighted by molar-refractivity contribution is 7.16. The highest BCUT2D eigenvalue weighted by Gasteiger charge is 2.31. The van der Waals surface area contributed by atoms with Crippen LogP contribution in [0.2, 0.25) is 0 Å². The first-order valence-electron chi connectivity index (χ1n) is 22.6. The molecule has 8 heterocycles. The Labute approximate surface area is 450 Å². The maximum Gasteiger partial charge on any atom is 0.277 e. The number of methoxy groups -OCH3 is 1. The van der Waals surface area contributed by atoms with Gasteiger partial charge in [0.1, 0.15) is 77.2 Å². The molecule has 75 heavy (non-hydrogen) atoms. The van der Waals surface area contributed by atoms with Crippen LogP contribution in [0.1, 0.15) is 94.2 Å². The summed E-state index contributed by atoms with van der Waals surface area (Å²) in [5.74, 6) is -3.07. The average molecular weight is 1130 g/mol. The van der Waals surface area contributed by atoms with E-state index < -0.39 is 54.3 Å². The molecule has 1 aliphatic heterocycles. The van der Waals surface area contributed by atoms with Gasteiger partial charge in [-0.3, -0.25) is 34.1 Å². The summed E-state index contributed by atoms with van der Waals surface area (Å²) < 4.78 is 5.33. The highest BCUT2D eigenvalue weighted by Crippen LogP contribution is 2.40. The number of nitrogens with one attached hydrogen (secondary N) is 6. The zero-order valence-electron chi connectivity index (χ0n) is 39.7. The smallest absolute Gasteiger partial charge is 0.277 e. The Kier molecular flexibility index (Phi) is 16.6. The van der Waals surface area contributed by atoms with Crippen molar-refractivity contribution in [2.75, 3.05) is 37.9 Å². The van der Waals surface area contributed by atoms with Crippen molar-refractivity contribution in [1.29, 1.82) is 0 Å². The molecule has 0 spiro atoms. The minimum absolute atomic E-state index is 0.00790. The molecule has 0 aliphatic carbocycles. The molecule has 7 aromatic heterocycles. The van der Waals surface area contributed by atoms with Gasteiger partial charge in [-0.05, 0) is 31.0 Å². The number of aliphatic hydroxyl groups is 2. The number of thiazole rings is 6. The normalized spacial score (nSPS) is 15.6. The third-order valence-corrected chi connectivity index (χ3v) is 16.6. The maximum absolute atomic E-state index is 14.1. The molecule has 0 radical (unpaired) electrons. The lowest BCUT2D eigenvalue weighted by molar-refractivity contribution is -0.122. The largest absolute Gasteiger partial charge is 0.396 e. The minimum Gasteiger partial charge on any atom is -0.396 e. The number of pyridine rings is 1. The number of hydrogen-bond donors (Lipinski definition) is 8. The summed E-state index contributed by atoms with van der Waals surface area (Å²) >= 11 is 6.97. The van der Waals surface area contributed by atoms with E-state index in [0.29, 0.717) is 75.9 Å². The molecule has 8 N–H and O–H groups in total. The predicted molar refractivity (Wildman–Crippen MR) is 285 cm³/mol. The number of hydrogen-bond acceptors (Lipinski definition) is 22. The number of fused-ring (bicyclic) bond motifs is 14. The van der Waals surface area contributed by atoms with Gasteiger partial charge < -0.3 is 41.5 Å². The SMILES string of the molecule is CNC(=O)C[C@@H]1NC(=O)c2csc(n2)-c2ccc(-c3nc(NC(=O)CCCO)cs3)nc2-c2csc(n2)-c2csc(n2)[C@H]([C@@H](O)c2ccccc2)NC(=O)CNC(=O)c2nc(sc2COC)NC(=O)c2nc1sc2C. The van der Waals surface area contributed by atoms with Crippen LogP contribution >= 0.6 is 68.0 Å². The third-order valence-electron chi connectivity index (χ3n) is 11.1. The lowest BCUT2D eigenvalue weighted by Crippen LogP contribution is -2.40. The number of aryl methyl sites for hydroxylation is 1. The molecule has 0 unspecified atom stereocenters. The van der Waals surface area contributed by atoms with Gasteiger partial charge in [0.25, 0.3) is 17.7 Å². The molecule has 1 aliphatic rings. The first-order chi connectivity index (χ1) is 36.3. The van der Waals surface area contributed by atoms with E-state index in [0.717, 1.165) is 22.7 Å². The van der Waals surface area contributed by atoms with Crippen LogP contribution in [0.15, 0.2) is 64.0 Å². The minimum atomic E-state index is -1.27. The second kappa shape index (κ2) is 23.6. The van der Waals surface area contributed by atoms with E-state index in [2.05, 4.69) is 46.9 Å². The van der Waals surface area contributed by atoms with Gasteiger partial charge in [-0.1, -0.05) is 41.7 Å². The summed E-state index contributed by atoms with van der Waals surface area (Å²) in [6.07, 6.45) is -1.07. The van der Waals surface area contributed by atoms with Gasteiger partial charge in [-0.2, -0.15) is 0 Å². The van der Waals surface area contributed by atoms with Gasteiger partial charge in [-0.25, -0.2) is 34.9 Å². The lowest BCUT2D eigenvalue weighted by Gasteiger charge is -2.23. The van der Waals surface area contributed by atoms with E-state index in [9.17, 15) is 39.0 Å². The van der Waals surface area contributed by atoms with Crippen LogP contribution in [0, 0.1) is 6.92 Å². The number of anilines is 2. The van der Waals surface area contributed by atoms with Crippen molar-refractivity contribution >= 4 is 114 Å². The van der Waals surface area contributed by atoms with E-state index in [4.69, 9.17) is 24.7 Å². The summed E-state index contributed by atoms with van der Waals surface area (Å²) in [6.45, 7) is 0.964.